The highest BCUT2D eigenvalue weighted by Gasteiger charge is 2.16. The van der Waals surface area contributed by atoms with Crippen LogP contribution in [0.2, 0.25) is 0 Å². The third kappa shape index (κ3) is 2.71. The molecule has 1 aromatic carbocycles. The Labute approximate surface area is 111 Å². The first-order valence-electron chi connectivity index (χ1n) is 6.16. The quantitative estimate of drug-likeness (QED) is 0.738. The summed E-state index contributed by atoms with van der Waals surface area (Å²) in [7, 11) is 0. The summed E-state index contributed by atoms with van der Waals surface area (Å²) < 4.78 is 5.13. The molecule has 2 rings (SSSR count). The molecule has 0 saturated carbocycles. The van der Waals surface area contributed by atoms with Crippen molar-refractivity contribution in [1.82, 2.24) is 10.5 Å². The fourth-order valence-electron chi connectivity index (χ4n) is 2.19. The predicted octanol–water partition coefficient (Wildman–Crippen LogP) is 2.55. The Morgan fingerprint density at radius 3 is 2.68 bits per heavy atom. The van der Waals surface area contributed by atoms with E-state index in [-0.39, 0.29) is 17.5 Å². The highest BCUT2D eigenvalue weighted by atomic mass is 16.5. The molecule has 0 aliphatic rings. The Bertz CT molecular complexity index is 559. The van der Waals surface area contributed by atoms with Crippen molar-refractivity contribution in [2.24, 2.45) is 0 Å². The molecular formula is C14H18N2O3. The minimum Gasteiger partial charge on any atom is -0.504 e. The van der Waals surface area contributed by atoms with E-state index in [0.717, 1.165) is 17.0 Å². The smallest absolute Gasteiger partial charge is 0.161 e. The van der Waals surface area contributed by atoms with Crippen LogP contribution in [0.25, 0.3) is 0 Å². The van der Waals surface area contributed by atoms with Gasteiger partial charge in [0.05, 0.1) is 5.69 Å². The average molecular weight is 262 g/mol. The Balaban J connectivity index is 2.09. The Hall–Kier alpha value is -2.01. The molecule has 19 heavy (non-hydrogen) atoms. The molecular weight excluding hydrogens is 244 g/mol. The second-order valence-electron chi connectivity index (χ2n) is 4.63. The second kappa shape index (κ2) is 5.32. The number of nitrogens with one attached hydrogen (secondary N) is 1. The molecule has 1 unspecified atom stereocenters. The van der Waals surface area contributed by atoms with E-state index in [0.29, 0.717) is 12.1 Å². The molecule has 0 aliphatic heterocycles. The summed E-state index contributed by atoms with van der Waals surface area (Å²) in [6.45, 7) is 6.23. The lowest BCUT2D eigenvalue weighted by Gasteiger charge is -2.14. The van der Waals surface area contributed by atoms with E-state index in [1.165, 1.54) is 6.07 Å². The molecule has 3 N–H and O–H groups in total. The minimum absolute atomic E-state index is 0.0491. The third-order valence-corrected chi connectivity index (χ3v) is 3.22. The molecule has 0 fully saturated rings. The van der Waals surface area contributed by atoms with Crippen LogP contribution in [0.1, 0.15) is 35.5 Å². The number of aromatic hydroxyl groups is 2. The molecule has 5 heteroatoms. The van der Waals surface area contributed by atoms with Crippen molar-refractivity contribution in [3.05, 3.63) is 40.8 Å². The predicted molar refractivity (Wildman–Crippen MR) is 71.0 cm³/mol. The van der Waals surface area contributed by atoms with Crippen molar-refractivity contribution >= 4 is 0 Å². The van der Waals surface area contributed by atoms with Gasteiger partial charge in [-0.15, -0.1) is 0 Å². The molecule has 1 heterocycles. The lowest BCUT2D eigenvalue weighted by atomic mass is 10.1. The number of hydrogen-bond donors (Lipinski definition) is 3. The van der Waals surface area contributed by atoms with Gasteiger partial charge in [-0.05, 0) is 26.8 Å². The van der Waals surface area contributed by atoms with Gasteiger partial charge in [0.25, 0.3) is 0 Å². The summed E-state index contributed by atoms with van der Waals surface area (Å²) in [6, 6.07) is 4.97. The number of hydrogen-bond acceptors (Lipinski definition) is 5. The first-order valence-corrected chi connectivity index (χ1v) is 6.16. The average Bonchev–Trinajstić information content (AvgIpc) is 2.71. The van der Waals surface area contributed by atoms with Crippen LogP contribution in [0.3, 0.4) is 0 Å². The molecule has 1 aromatic heterocycles. The molecule has 5 nitrogen and oxygen atoms in total. The maximum Gasteiger partial charge on any atom is 0.161 e. The van der Waals surface area contributed by atoms with Gasteiger partial charge in [-0.1, -0.05) is 17.3 Å². The number of aromatic nitrogens is 1. The van der Waals surface area contributed by atoms with Crippen molar-refractivity contribution in [2.75, 3.05) is 0 Å². The first kappa shape index (κ1) is 13.4. The zero-order valence-electron chi connectivity index (χ0n) is 11.3. The fourth-order valence-corrected chi connectivity index (χ4v) is 2.19. The van der Waals surface area contributed by atoms with Gasteiger partial charge in [0.15, 0.2) is 11.5 Å². The van der Waals surface area contributed by atoms with E-state index >= 15 is 0 Å². The maximum atomic E-state index is 9.73. The lowest BCUT2D eigenvalue weighted by molar-refractivity contribution is 0.389. The van der Waals surface area contributed by atoms with Crippen LogP contribution in [0, 0.1) is 13.8 Å². The molecule has 2 aromatic rings. The minimum atomic E-state index is -0.107. The van der Waals surface area contributed by atoms with Gasteiger partial charge in [0.1, 0.15) is 5.76 Å². The van der Waals surface area contributed by atoms with Gasteiger partial charge in [-0.25, -0.2) is 0 Å². The number of para-hydroxylation sites is 1. The van der Waals surface area contributed by atoms with Crippen LogP contribution in [-0.4, -0.2) is 15.4 Å². The van der Waals surface area contributed by atoms with Crippen LogP contribution in [0.15, 0.2) is 22.7 Å². The number of phenols is 2. The molecule has 0 bridgehead atoms. The van der Waals surface area contributed by atoms with E-state index in [1.807, 2.05) is 20.8 Å². The molecule has 0 spiro atoms. The van der Waals surface area contributed by atoms with Gasteiger partial charge >= 0.3 is 0 Å². The number of aryl methyl sites for hydroxylation is 2. The first-order chi connectivity index (χ1) is 9.00. The topological polar surface area (TPSA) is 78.5 Å². The molecule has 0 aliphatic carbocycles. The highest BCUT2D eigenvalue weighted by molar-refractivity contribution is 5.44. The van der Waals surface area contributed by atoms with Crippen molar-refractivity contribution in [1.29, 1.82) is 0 Å². The molecule has 102 valence electrons. The Morgan fingerprint density at radius 1 is 1.32 bits per heavy atom. The summed E-state index contributed by atoms with van der Waals surface area (Å²) in [5, 5.41) is 26.4. The van der Waals surface area contributed by atoms with Crippen LogP contribution >= 0.6 is 0 Å². The zero-order valence-corrected chi connectivity index (χ0v) is 11.3. The van der Waals surface area contributed by atoms with Crippen molar-refractivity contribution in [3.8, 4) is 11.5 Å². The summed E-state index contributed by atoms with van der Waals surface area (Å²) in [6.07, 6.45) is 0. The SMILES string of the molecule is Cc1noc(C)c1C(C)NCc1cccc(O)c1O. The van der Waals surface area contributed by atoms with Gasteiger partial charge in [0, 0.05) is 23.7 Å². The number of nitrogens with zero attached hydrogens (tertiary/aromatic N) is 1. The van der Waals surface area contributed by atoms with Gasteiger partial charge in [-0.3, -0.25) is 0 Å². The number of benzene rings is 1. The summed E-state index contributed by atoms with van der Waals surface area (Å²) in [5.41, 5.74) is 2.54. The Kier molecular flexibility index (Phi) is 3.76. The van der Waals surface area contributed by atoms with Crippen LogP contribution in [0.4, 0.5) is 0 Å². The third-order valence-electron chi connectivity index (χ3n) is 3.22. The van der Waals surface area contributed by atoms with Crippen molar-refractivity contribution < 1.29 is 14.7 Å². The highest BCUT2D eigenvalue weighted by Crippen LogP contribution is 2.29. The molecule has 0 saturated heterocycles. The summed E-state index contributed by atoms with van der Waals surface area (Å²) in [4.78, 5) is 0. The number of phenolic OH excluding ortho intramolecular Hbond substituents is 2. The molecule has 0 amide bonds. The standard InChI is InChI=1S/C14H18N2O3/c1-8(13-9(2)16-19-10(13)3)15-7-11-5-4-6-12(17)14(11)18/h4-6,8,15,17-18H,7H2,1-3H3. The summed E-state index contributed by atoms with van der Waals surface area (Å²) in [5.74, 6) is 0.600. The largest absolute Gasteiger partial charge is 0.504 e. The van der Waals surface area contributed by atoms with Crippen LogP contribution < -0.4 is 5.32 Å². The van der Waals surface area contributed by atoms with Gasteiger partial charge < -0.3 is 20.1 Å². The van der Waals surface area contributed by atoms with E-state index in [2.05, 4.69) is 10.5 Å². The fraction of sp³-hybridized carbons (Fsp3) is 0.357. The number of rotatable bonds is 4. The lowest BCUT2D eigenvalue weighted by Crippen LogP contribution is -2.19. The van der Waals surface area contributed by atoms with Crippen LogP contribution in [0.5, 0.6) is 11.5 Å². The maximum absolute atomic E-state index is 9.73. The Morgan fingerprint density at radius 2 is 2.05 bits per heavy atom. The van der Waals surface area contributed by atoms with E-state index in [9.17, 15) is 10.2 Å². The second-order valence-corrected chi connectivity index (χ2v) is 4.63. The normalized spacial score (nSPS) is 12.6. The zero-order chi connectivity index (χ0) is 14.0. The van der Waals surface area contributed by atoms with E-state index in [4.69, 9.17) is 4.52 Å². The summed E-state index contributed by atoms with van der Waals surface area (Å²) >= 11 is 0. The van der Waals surface area contributed by atoms with Gasteiger partial charge in [0.2, 0.25) is 0 Å². The monoisotopic (exact) mass is 262 g/mol. The van der Waals surface area contributed by atoms with Gasteiger partial charge in [-0.2, -0.15) is 0 Å². The molecule has 1 atom stereocenters. The van der Waals surface area contributed by atoms with E-state index in [1.54, 1.807) is 12.1 Å². The van der Waals surface area contributed by atoms with E-state index < -0.39 is 0 Å². The molecule has 0 radical (unpaired) electrons. The van der Waals surface area contributed by atoms with Crippen molar-refractivity contribution in [2.45, 2.75) is 33.4 Å². The van der Waals surface area contributed by atoms with Crippen molar-refractivity contribution in [3.63, 3.8) is 0 Å². The van der Waals surface area contributed by atoms with Crippen LogP contribution in [-0.2, 0) is 6.54 Å².